The van der Waals surface area contributed by atoms with Gasteiger partial charge in [0.25, 0.3) is 0 Å². The van der Waals surface area contributed by atoms with Gasteiger partial charge in [-0.2, -0.15) is 0 Å². The zero-order valence-corrected chi connectivity index (χ0v) is 19.8. The smallest absolute Gasteiger partial charge is 0.246 e. The normalized spacial score (nSPS) is 40.5. The standard InChI is InChI=1S/C26H38N4O2/c1-25-11-9-20-18(5-8-22-26(20,2)12-10-23(31)29(22)3)19(25)6-7-21(25)24(32)28-13-4-15-30-16-14-27-17-30/h10,12,14,16-22H,4-9,11,13,15H2,1-3H3,(H,28,32)/t18-,19-,20-,21+,22+,25-,26+/m0/s1. The summed E-state index contributed by atoms with van der Waals surface area (Å²) in [5.41, 5.74) is 0.180. The Bertz CT molecular complexity index is 896. The van der Waals surface area contributed by atoms with Crippen molar-refractivity contribution in [1.29, 1.82) is 0 Å². The highest BCUT2D eigenvalue weighted by molar-refractivity contribution is 5.89. The molecule has 0 unspecified atom stereocenters. The van der Waals surface area contributed by atoms with Gasteiger partial charge >= 0.3 is 0 Å². The van der Waals surface area contributed by atoms with E-state index >= 15 is 0 Å². The zero-order chi connectivity index (χ0) is 22.5. The van der Waals surface area contributed by atoms with Crippen molar-refractivity contribution >= 4 is 11.8 Å². The van der Waals surface area contributed by atoms with Gasteiger partial charge < -0.3 is 14.8 Å². The van der Waals surface area contributed by atoms with Crippen molar-refractivity contribution in [3.63, 3.8) is 0 Å². The third-order valence-electron chi connectivity index (χ3n) is 9.90. The lowest BCUT2D eigenvalue weighted by atomic mass is 9.47. The van der Waals surface area contributed by atoms with E-state index in [4.69, 9.17) is 0 Å². The SMILES string of the molecule is CN1C(=O)C=C[C@]2(C)[C@H]3CC[C@]4(C)[C@@H](C(=O)NCCCn5ccnc5)CC[C@H]4[C@@H]3CC[C@@H]12. The summed E-state index contributed by atoms with van der Waals surface area (Å²) < 4.78 is 2.06. The van der Waals surface area contributed by atoms with Crippen molar-refractivity contribution in [2.24, 2.45) is 34.5 Å². The average Bonchev–Trinajstić information content (AvgIpc) is 3.41. The van der Waals surface area contributed by atoms with Crippen LogP contribution in [0.2, 0.25) is 0 Å². The minimum atomic E-state index is 0.0700. The Kier molecular flexibility index (Phi) is 5.45. The minimum absolute atomic E-state index is 0.0700. The van der Waals surface area contributed by atoms with Gasteiger partial charge in [0.15, 0.2) is 0 Å². The summed E-state index contributed by atoms with van der Waals surface area (Å²) in [5, 5.41) is 3.25. The number of rotatable bonds is 5. The van der Waals surface area contributed by atoms with Gasteiger partial charge in [-0.15, -0.1) is 0 Å². The molecule has 4 aliphatic rings. The number of imidazole rings is 1. The van der Waals surface area contributed by atoms with E-state index in [2.05, 4.69) is 34.8 Å². The van der Waals surface area contributed by atoms with Gasteiger partial charge in [-0.1, -0.05) is 19.9 Å². The first-order valence-electron chi connectivity index (χ1n) is 12.5. The quantitative estimate of drug-likeness (QED) is 0.714. The average molecular weight is 439 g/mol. The molecule has 6 heteroatoms. The second kappa shape index (κ2) is 8.03. The molecule has 174 valence electrons. The van der Waals surface area contributed by atoms with Crippen molar-refractivity contribution < 1.29 is 9.59 Å². The molecule has 2 amide bonds. The summed E-state index contributed by atoms with van der Waals surface area (Å²) in [7, 11) is 1.98. The molecule has 6 nitrogen and oxygen atoms in total. The number of likely N-dealkylation sites (N-methyl/N-ethyl adjacent to an activating group) is 1. The lowest BCUT2D eigenvalue weighted by Crippen LogP contribution is -2.59. The van der Waals surface area contributed by atoms with Crippen LogP contribution in [-0.2, 0) is 16.1 Å². The maximum absolute atomic E-state index is 13.2. The van der Waals surface area contributed by atoms with Crippen molar-refractivity contribution in [2.75, 3.05) is 13.6 Å². The van der Waals surface area contributed by atoms with Crippen LogP contribution in [0.5, 0.6) is 0 Å². The van der Waals surface area contributed by atoms with Gasteiger partial charge in [-0.05, 0) is 74.2 Å². The van der Waals surface area contributed by atoms with Crippen LogP contribution in [0.25, 0.3) is 0 Å². The molecule has 1 N–H and O–H groups in total. The molecule has 0 saturated heterocycles. The van der Waals surface area contributed by atoms with Crippen LogP contribution in [0, 0.1) is 34.5 Å². The molecular weight excluding hydrogens is 400 g/mol. The molecule has 3 aliphatic carbocycles. The number of hydrogen-bond acceptors (Lipinski definition) is 3. The van der Waals surface area contributed by atoms with Crippen LogP contribution >= 0.6 is 0 Å². The molecular formula is C26H38N4O2. The number of nitrogens with zero attached hydrogens (tertiary/aromatic N) is 3. The molecule has 5 rings (SSSR count). The third kappa shape index (κ3) is 3.32. The molecule has 1 aromatic rings. The van der Waals surface area contributed by atoms with Gasteiger partial charge in [0.2, 0.25) is 11.8 Å². The Morgan fingerprint density at radius 1 is 1.19 bits per heavy atom. The summed E-state index contributed by atoms with van der Waals surface area (Å²) in [6.07, 6.45) is 17.3. The molecule has 1 aromatic heterocycles. The predicted molar refractivity (Wildman–Crippen MR) is 123 cm³/mol. The molecule has 32 heavy (non-hydrogen) atoms. The van der Waals surface area contributed by atoms with Gasteiger partial charge in [-0.25, -0.2) is 4.98 Å². The summed E-state index contributed by atoms with van der Waals surface area (Å²) in [5.74, 6) is 2.46. The Balaban J connectivity index is 1.25. The van der Waals surface area contributed by atoms with E-state index in [1.807, 2.05) is 24.5 Å². The van der Waals surface area contributed by atoms with Crippen LogP contribution in [0.1, 0.15) is 58.8 Å². The first kappa shape index (κ1) is 21.7. The number of nitrogens with one attached hydrogen (secondary N) is 1. The van der Waals surface area contributed by atoms with Crippen molar-refractivity contribution in [2.45, 2.75) is 71.4 Å². The number of carbonyl (C=O) groups excluding carboxylic acids is 2. The van der Waals surface area contributed by atoms with Crippen LogP contribution in [0.4, 0.5) is 0 Å². The van der Waals surface area contributed by atoms with Crippen LogP contribution < -0.4 is 5.32 Å². The summed E-state index contributed by atoms with van der Waals surface area (Å²) >= 11 is 0. The van der Waals surface area contributed by atoms with Gasteiger partial charge in [0.1, 0.15) is 0 Å². The first-order valence-corrected chi connectivity index (χ1v) is 12.5. The van der Waals surface area contributed by atoms with E-state index in [1.54, 1.807) is 12.3 Å². The van der Waals surface area contributed by atoms with Crippen LogP contribution in [0.3, 0.4) is 0 Å². The number of hydrogen-bond donors (Lipinski definition) is 1. The second-order valence-electron chi connectivity index (χ2n) is 11.2. The third-order valence-corrected chi connectivity index (χ3v) is 9.90. The highest BCUT2D eigenvalue weighted by Crippen LogP contribution is 2.65. The first-order chi connectivity index (χ1) is 15.3. The fourth-order valence-corrected chi connectivity index (χ4v) is 8.18. The Morgan fingerprint density at radius 2 is 2.03 bits per heavy atom. The minimum Gasteiger partial charge on any atom is -0.356 e. The molecule has 0 radical (unpaired) electrons. The van der Waals surface area contributed by atoms with Crippen molar-refractivity contribution in [3.8, 4) is 0 Å². The number of aryl methyl sites for hydroxylation is 1. The van der Waals surface area contributed by atoms with Gasteiger partial charge in [0, 0.05) is 49.9 Å². The molecule has 3 fully saturated rings. The molecule has 0 spiro atoms. The topological polar surface area (TPSA) is 67.2 Å². The number of carbonyl (C=O) groups is 2. The molecule has 1 aliphatic heterocycles. The van der Waals surface area contributed by atoms with E-state index in [0.29, 0.717) is 23.8 Å². The molecule has 7 atom stereocenters. The van der Waals surface area contributed by atoms with E-state index in [-0.39, 0.29) is 28.6 Å². The largest absolute Gasteiger partial charge is 0.356 e. The maximum atomic E-state index is 13.2. The zero-order valence-electron chi connectivity index (χ0n) is 19.8. The fraction of sp³-hybridized carbons (Fsp3) is 0.731. The van der Waals surface area contributed by atoms with E-state index in [0.717, 1.165) is 38.8 Å². The van der Waals surface area contributed by atoms with E-state index < -0.39 is 0 Å². The van der Waals surface area contributed by atoms with Crippen molar-refractivity contribution in [3.05, 3.63) is 30.9 Å². The molecule has 0 aromatic carbocycles. The maximum Gasteiger partial charge on any atom is 0.246 e. The Morgan fingerprint density at radius 3 is 2.81 bits per heavy atom. The number of amides is 2. The van der Waals surface area contributed by atoms with Gasteiger partial charge in [0.05, 0.1) is 6.33 Å². The van der Waals surface area contributed by atoms with Crippen LogP contribution in [0.15, 0.2) is 30.9 Å². The summed E-state index contributed by atoms with van der Waals surface area (Å²) in [4.78, 5) is 31.5. The van der Waals surface area contributed by atoms with Gasteiger partial charge in [-0.3, -0.25) is 9.59 Å². The Hall–Kier alpha value is -2.11. The van der Waals surface area contributed by atoms with E-state index in [9.17, 15) is 9.59 Å². The fourth-order valence-electron chi connectivity index (χ4n) is 8.18. The molecule has 0 bridgehead atoms. The lowest BCUT2D eigenvalue weighted by molar-refractivity contribution is -0.142. The van der Waals surface area contributed by atoms with Crippen molar-refractivity contribution in [1.82, 2.24) is 19.8 Å². The number of aromatic nitrogens is 2. The predicted octanol–water partition coefficient (Wildman–Crippen LogP) is 3.65. The summed E-state index contributed by atoms with van der Waals surface area (Å²) in [6.45, 7) is 6.40. The second-order valence-corrected chi connectivity index (χ2v) is 11.2. The monoisotopic (exact) mass is 438 g/mol. The highest BCUT2D eigenvalue weighted by Gasteiger charge is 2.61. The highest BCUT2D eigenvalue weighted by atomic mass is 16.2. The lowest BCUT2D eigenvalue weighted by Gasteiger charge is -2.60. The van der Waals surface area contributed by atoms with E-state index in [1.165, 1.54) is 19.3 Å². The molecule has 3 saturated carbocycles. The molecule has 2 heterocycles. The Labute approximate surface area is 191 Å². The summed E-state index contributed by atoms with van der Waals surface area (Å²) in [6, 6.07) is 0.321. The van der Waals surface area contributed by atoms with Crippen LogP contribution in [-0.4, -0.2) is 45.9 Å². The number of fused-ring (bicyclic) bond motifs is 5.